The highest BCUT2D eigenvalue weighted by Crippen LogP contribution is 2.32. The third-order valence-corrected chi connectivity index (χ3v) is 6.72. The molecule has 0 saturated carbocycles. The molecule has 0 radical (unpaired) electrons. The molecule has 0 bridgehead atoms. The van der Waals surface area contributed by atoms with Gasteiger partial charge in [-0.05, 0) is 62.2 Å². The van der Waals surface area contributed by atoms with E-state index >= 15 is 0 Å². The number of hydrogen-bond donors (Lipinski definition) is 0. The van der Waals surface area contributed by atoms with Crippen LogP contribution < -0.4 is 29.1 Å². The zero-order valence-corrected chi connectivity index (χ0v) is 21.7. The molecular formula is C27H28N2O6S. The average molecular weight is 509 g/mol. The number of fused-ring (bicyclic) bond motifs is 1. The van der Waals surface area contributed by atoms with Crippen LogP contribution in [0.15, 0.2) is 63.5 Å². The van der Waals surface area contributed by atoms with Gasteiger partial charge in [0.2, 0.25) is 0 Å². The molecule has 9 heteroatoms. The largest absolute Gasteiger partial charge is 0.497 e. The van der Waals surface area contributed by atoms with Crippen molar-refractivity contribution >= 4 is 23.4 Å². The van der Waals surface area contributed by atoms with Gasteiger partial charge in [0.15, 0.2) is 16.3 Å². The number of carbonyl (C=O) groups is 1. The van der Waals surface area contributed by atoms with Crippen molar-refractivity contribution in [1.82, 2.24) is 4.57 Å². The summed E-state index contributed by atoms with van der Waals surface area (Å²) in [6.07, 6.45) is 1.79. The van der Waals surface area contributed by atoms with Crippen molar-refractivity contribution in [2.45, 2.75) is 26.8 Å². The molecular weight excluding hydrogens is 480 g/mol. The zero-order chi connectivity index (χ0) is 25.8. The van der Waals surface area contributed by atoms with Crippen LogP contribution in [0.3, 0.4) is 0 Å². The van der Waals surface area contributed by atoms with Crippen molar-refractivity contribution in [3.8, 4) is 17.2 Å². The van der Waals surface area contributed by atoms with Crippen molar-refractivity contribution in [1.29, 1.82) is 0 Å². The molecule has 0 fully saturated rings. The lowest BCUT2D eigenvalue weighted by molar-refractivity contribution is -0.139. The Balaban J connectivity index is 1.89. The predicted octanol–water partition coefficient (Wildman–Crippen LogP) is 3.21. The molecule has 1 aliphatic rings. The number of ether oxygens (including phenoxy) is 4. The van der Waals surface area contributed by atoms with Gasteiger partial charge >= 0.3 is 5.97 Å². The van der Waals surface area contributed by atoms with E-state index in [2.05, 4.69) is 4.99 Å². The summed E-state index contributed by atoms with van der Waals surface area (Å²) in [5.41, 5.74) is 2.14. The van der Waals surface area contributed by atoms with Gasteiger partial charge in [-0.1, -0.05) is 29.5 Å². The summed E-state index contributed by atoms with van der Waals surface area (Å²) in [5.74, 6) is 1.39. The number of benzene rings is 2. The predicted molar refractivity (Wildman–Crippen MR) is 138 cm³/mol. The molecule has 4 rings (SSSR count). The summed E-state index contributed by atoms with van der Waals surface area (Å²) in [7, 11) is 3.16. The van der Waals surface area contributed by atoms with E-state index in [1.807, 2.05) is 37.3 Å². The summed E-state index contributed by atoms with van der Waals surface area (Å²) in [5, 5.41) is 0. The van der Waals surface area contributed by atoms with Crippen LogP contribution in [0.5, 0.6) is 17.2 Å². The van der Waals surface area contributed by atoms with Crippen LogP contribution in [0.2, 0.25) is 0 Å². The van der Waals surface area contributed by atoms with E-state index in [0.717, 1.165) is 11.1 Å². The number of allylic oxidation sites excluding steroid dienone is 1. The van der Waals surface area contributed by atoms with E-state index in [-0.39, 0.29) is 12.2 Å². The first kappa shape index (κ1) is 25.2. The van der Waals surface area contributed by atoms with Gasteiger partial charge in [-0.3, -0.25) is 9.36 Å². The van der Waals surface area contributed by atoms with Crippen LogP contribution in [-0.4, -0.2) is 38.0 Å². The number of rotatable bonds is 8. The van der Waals surface area contributed by atoms with Gasteiger partial charge in [-0.15, -0.1) is 0 Å². The second kappa shape index (κ2) is 10.8. The second-order valence-electron chi connectivity index (χ2n) is 7.92. The molecule has 1 atom stereocenters. The quantitative estimate of drug-likeness (QED) is 0.434. The molecule has 3 aromatic rings. The maximum absolute atomic E-state index is 13.7. The van der Waals surface area contributed by atoms with E-state index in [1.165, 1.54) is 11.3 Å². The Morgan fingerprint density at radius 1 is 1.06 bits per heavy atom. The molecule has 0 saturated heterocycles. The van der Waals surface area contributed by atoms with Crippen LogP contribution in [0.4, 0.5) is 0 Å². The minimum atomic E-state index is -0.678. The third-order valence-electron chi connectivity index (χ3n) is 5.73. The second-order valence-corrected chi connectivity index (χ2v) is 8.93. The smallest absolute Gasteiger partial charge is 0.338 e. The number of carbonyl (C=O) groups excluding carboxylic acids is 1. The van der Waals surface area contributed by atoms with E-state index in [9.17, 15) is 9.59 Å². The molecule has 188 valence electrons. The highest BCUT2D eigenvalue weighted by Gasteiger charge is 2.33. The van der Waals surface area contributed by atoms with Gasteiger partial charge in [-0.2, -0.15) is 0 Å². The lowest BCUT2D eigenvalue weighted by Gasteiger charge is -2.24. The number of esters is 1. The molecule has 0 amide bonds. The molecule has 1 aromatic heterocycles. The monoisotopic (exact) mass is 508 g/mol. The van der Waals surface area contributed by atoms with Crippen molar-refractivity contribution in [2.24, 2.45) is 4.99 Å². The van der Waals surface area contributed by atoms with Crippen LogP contribution in [0, 0.1) is 0 Å². The number of nitrogens with zero attached hydrogens (tertiary/aromatic N) is 2. The maximum Gasteiger partial charge on any atom is 0.338 e. The Bertz CT molecular complexity index is 1480. The van der Waals surface area contributed by atoms with Crippen molar-refractivity contribution in [3.05, 3.63) is 84.5 Å². The molecule has 0 N–H and O–H groups in total. The van der Waals surface area contributed by atoms with Crippen molar-refractivity contribution in [2.75, 3.05) is 27.4 Å². The van der Waals surface area contributed by atoms with Gasteiger partial charge in [0.1, 0.15) is 5.75 Å². The minimum Gasteiger partial charge on any atom is -0.497 e. The number of aromatic nitrogens is 1. The Hall–Kier alpha value is -3.85. The highest BCUT2D eigenvalue weighted by molar-refractivity contribution is 7.07. The fourth-order valence-corrected chi connectivity index (χ4v) is 5.14. The minimum absolute atomic E-state index is 0.217. The molecule has 8 nitrogen and oxygen atoms in total. The molecule has 0 spiro atoms. The molecule has 2 heterocycles. The van der Waals surface area contributed by atoms with E-state index in [0.29, 0.717) is 44.5 Å². The fraction of sp³-hybridized carbons (Fsp3) is 0.296. The van der Waals surface area contributed by atoms with Crippen molar-refractivity contribution in [3.63, 3.8) is 0 Å². The normalized spacial score (nSPS) is 15.2. The van der Waals surface area contributed by atoms with Gasteiger partial charge in [0, 0.05) is 0 Å². The SMILES string of the molecule is CCOC(=O)C1=C(C)N=c2s/c(=C/c3ccc(OCC)c(OC)c3)c(=O)n2C1c1ccc(OC)cc1. The summed E-state index contributed by atoms with van der Waals surface area (Å²) < 4.78 is 23.7. The molecule has 0 aliphatic carbocycles. The summed E-state index contributed by atoms with van der Waals surface area (Å²) in [6, 6.07) is 12.1. The standard InChI is InChI=1S/C27H28N2O6S/c1-6-34-20-13-8-17(14-21(20)33-5)15-22-25(30)29-24(18-9-11-19(32-4)12-10-18)23(26(31)35-7-2)16(3)28-27(29)36-22/h8-15,24H,6-7H2,1-5H3/b22-15+. The molecule has 36 heavy (non-hydrogen) atoms. The van der Waals surface area contributed by atoms with Gasteiger partial charge in [-0.25, -0.2) is 9.79 Å². The Kier molecular flexibility index (Phi) is 7.59. The van der Waals surface area contributed by atoms with Gasteiger partial charge < -0.3 is 18.9 Å². The molecule has 1 unspecified atom stereocenters. The van der Waals surface area contributed by atoms with Crippen LogP contribution in [0.25, 0.3) is 6.08 Å². The number of methoxy groups -OCH3 is 2. The summed E-state index contributed by atoms with van der Waals surface area (Å²) in [6.45, 7) is 6.14. The van der Waals surface area contributed by atoms with Gasteiger partial charge in [0.25, 0.3) is 5.56 Å². The number of hydrogen-bond acceptors (Lipinski definition) is 8. The first-order valence-electron chi connectivity index (χ1n) is 11.6. The average Bonchev–Trinajstić information content (AvgIpc) is 3.18. The Morgan fingerprint density at radius 2 is 1.81 bits per heavy atom. The summed E-state index contributed by atoms with van der Waals surface area (Å²) >= 11 is 1.27. The summed E-state index contributed by atoms with van der Waals surface area (Å²) in [4.78, 5) is 31.8. The van der Waals surface area contributed by atoms with E-state index in [1.54, 1.807) is 50.8 Å². The Labute approximate surface area is 212 Å². The van der Waals surface area contributed by atoms with E-state index < -0.39 is 12.0 Å². The topological polar surface area (TPSA) is 88.4 Å². The molecule has 2 aromatic carbocycles. The molecule has 1 aliphatic heterocycles. The van der Waals surface area contributed by atoms with Crippen LogP contribution >= 0.6 is 11.3 Å². The first-order chi connectivity index (χ1) is 17.4. The Morgan fingerprint density at radius 3 is 2.44 bits per heavy atom. The van der Waals surface area contributed by atoms with Crippen molar-refractivity contribution < 1.29 is 23.7 Å². The van der Waals surface area contributed by atoms with Crippen LogP contribution in [-0.2, 0) is 9.53 Å². The fourth-order valence-electron chi connectivity index (χ4n) is 4.09. The lowest BCUT2D eigenvalue weighted by atomic mass is 9.96. The lowest BCUT2D eigenvalue weighted by Crippen LogP contribution is -2.39. The number of thiazole rings is 1. The maximum atomic E-state index is 13.7. The third kappa shape index (κ3) is 4.79. The van der Waals surface area contributed by atoms with E-state index in [4.69, 9.17) is 18.9 Å². The first-order valence-corrected chi connectivity index (χ1v) is 12.4. The van der Waals surface area contributed by atoms with Crippen LogP contribution in [0.1, 0.15) is 37.9 Å². The highest BCUT2D eigenvalue weighted by atomic mass is 32.1. The van der Waals surface area contributed by atoms with Gasteiger partial charge in [0.05, 0.1) is 49.3 Å². The zero-order valence-electron chi connectivity index (χ0n) is 20.9.